The molecule has 2 amide bonds. The van der Waals surface area contributed by atoms with Crippen LogP contribution in [0.1, 0.15) is 27.2 Å². The minimum Gasteiger partial charge on any atom is -0.465 e. The Balaban J connectivity index is 1.90. The summed E-state index contributed by atoms with van der Waals surface area (Å²) in [5, 5.41) is 9.81. The number of carboxylic acid groups (broad SMARTS) is 1. The zero-order chi connectivity index (χ0) is 20.6. The van der Waals surface area contributed by atoms with Gasteiger partial charge in [0.1, 0.15) is 17.0 Å². The molecule has 1 aliphatic rings. The van der Waals surface area contributed by atoms with Crippen molar-refractivity contribution in [1.82, 2.24) is 9.88 Å². The summed E-state index contributed by atoms with van der Waals surface area (Å²) in [6.45, 7) is 5.42. The van der Waals surface area contributed by atoms with Gasteiger partial charge in [-0.05, 0) is 57.0 Å². The standard InChI is InChI=1S/C20H21ClFN3O3/c1-20(2,3)25(19(27)28)16-8-10-24(18(16)26)15-7-6-12(11-14(15)22)13-5-4-9-23-17(13)21/h4-7,9,11,16H,8,10H2,1-3H3,(H,27,28)/t16-/m0/s1. The van der Waals surface area contributed by atoms with Gasteiger partial charge in [-0.1, -0.05) is 17.7 Å². The van der Waals surface area contributed by atoms with Crippen molar-refractivity contribution < 1.29 is 19.1 Å². The van der Waals surface area contributed by atoms with Crippen molar-refractivity contribution in [3.63, 3.8) is 0 Å². The number of hydrogen-bond donors (Lipinski definition) is 1. The van der Waals surface area contributed by atoms with Gasteiger partial charge in [0, 0.05) is 23.8 Å². The van der Waals surface area contributed by atoms with Gasteiger partial charge in [0.2, 0.25) is 5.91 Å². The van der Waals surface area contributed by atoms with Crippen LogP contribution in [0.2, 0.25) is 5.15 Å². The molecule has 2 aromatic rings. The lowest BCUT2D eigenvalue weighted by atomic mass is 10.0. The Kier molecular flexibility index (Phi) is 5.30. The highest BCUT2D eigenvalue weighted by Gasteiger charge is 2.43. The third kappa shape index (κ3) is 3.67. The van der Waals surface area contributed by atoms with E-state index in [1.165, 1.54) is 17.0 Å². The number of benzene rings is 1. The fraction of sp³-hybridized carbons (Fsp3) is 0.350. The topological polar surface area (TPSA) is 73.7 Å². The number of amides is 2. The molecule has 1 atom stereocenters. The first-order valence-electron chi connectivity index (χ1n) is 8.85. The maximum atomic E-state index is 14.8. The van der Waals surface area contributed by atoms with E-state index in [2.05, 4.69) is 4.98 Å². The number of carbonyl (C=O) groups excluding carboxylic acids is 1. The monoisotopic (exact) mass is 405 g/mol. The minimum atomic E-state index is -1.17. The summed E-state index contributed by atoms with van der Waals surface area (Å²) in [7, 11) is 0. The summed E-state index contributed by atoms with van der Waals surface area (Å²) in [4.78, 5) is 31.0. The number of halogens is 2. The number of pyridine rings is 1. The summed E-state index contributed by atoms with van der Waals surface area (Å²) in [6, 6.07) is 7.07. The van der Waals surface area contributed by atoms with Gasteiger partial charge in [-0.15, -0.1) is 0 Å². The molecular weight excluding hydrogens is 385 g/mol. The zero-order valence-electron chi connectivity index (χ0n) is 15.8. The molecule has 1 aromatic heterocycles. The molecule has 8 heteroatoms. The fourth-order valence-corrected chi connectivity index (χ4v) is 3.75. The molecular formula is C20H21ClFN3O3. The molecule has 1 saturated heterocycles. The van der Waals surface area contributed by atoms with Gasteiger partial charge in [-0.3, -0.25) is 9.69 Å². The van der Waals surface area contributed by atoms with Gasteiger partial charge in [0.15, 0.2) is 0 Å². The highest BCUT2D eigenvalue weighted by molar-refractivity contribution is 6.32. The molecule has 1 fully saturated rings. The maximum absolute atomic E-state index is 14.8. The second-order valence-electron chi connectivity index (χ2n) is 7.63. The molecule has 28 heavy (non-hydrogen) atoms. The van der Waals surface area contributed by atoms with E-state index in [0.29, 0.717) is 17.5 Å². The lowest BCUT2D eigenvalue weighted by molar-refractivity contribution is -0.122. The quantitative estimate of drug-likeness (QED) is 0.767. The molecule has 0 bridgehead atoms. The van der Waals surface area contributed by atoms with Gasteiger partial charge in [0.25, 0.3) is 0 Å². The minimum absolute atomic E-state index is 0.121. The average Bonchev–Trinajstić information content (AvgIpc) is 2.95. The van der Waals surface area contributed by atoms with Crippen LogP contribution in [0.4, 0.5) is 14.9 Å². The summed E-state index contributed by atoms with van der Waals surface area (Å²) in [5.41, 5.74) is 0.506. The predicted molar refractivity (Wildman–Crippen MR) is 105 cm³/mol. The largest absolute Gasteiger partial charge is 0.465 e. The number of nitrogens with zero attached hydrogens (tertiary/aromatic N) is 3. The van der Waals surface area contributed by atoms with Gasteiger partial charge in [0.05, 0.1) is 5.69 Å². The third-order valence-corrected chi connectivity index (χ3v) is 5.03. The third-order valence-electron chi connectivity index (χ3n) is 4.73. The molecule has 3 rings (SSSR count). The highest BCUT2D eigenvalue weighted by atomic mass is 35.5. The molecule has 0 saturated carbocycles. The van der Waals surface area contributed by atoms with Crippen LogP contribution in [0.25, 0.3) is 11.1 Å². The summed E-state index contributed by atoms with van der Waals surface area (Å²) < 4.78 is 14.8. The summed E-state index contributed by atoms with van der Waals surface area (Å²) in [5.74, 6) is -1.01. The van der Waals surface area contributed by atoms with Gasteiger partial charge >= 0.3 is 6.09 Å². The Labute approximate surface area is 167 Å². The maximum Gasteiger partial charge on any atom is 0.408 e. The first kappa shape index (κ1) is 20.1. The van der Waals surface area contributed by atoms with E-state index in [-0.39, 0.29) is 17.4 Å². The Bertz CT molecular complexity index is 929. The van der Waals surface area contributed by atoms with Crippen LogP contribution >= 0.6 is 11.6 Å². The number of carbonyl (C=O) groups is 2. The fourth-order valence-electron chi connectivity index (χ4n) is 3.53. The lowest BCUT2D eigenvalue weighted by Crippen LogP contribution is -2.54. The van der Waals surface area contributed by atoms with Crippen molar-refractivity contribution in [2.75, 3.05) is 11.4 Å². The van der Waals surface area contributed by atoms with E-state index < -0.39 is 29.4 Å². The molecule has 0 unspecified atom stereocenters. The highest BCUT2D eigenvalue weighted by Crippen LogP contribution is 2.33. The van der Waals surface area contributed by atoms with E-state index in [9.17, 15) is 19.1 Å². The Morgan fingerprint density at radius 3 is 2.64 bits per heavy atom. The number of anilines is 1. The van der Waals surface area contributed by atoms with Crippen molar-refractivity contribution in [3.8, 4) is 11.1 Å². The summed E-state index contributed by atoms with van der Waals surface area (Å²) >= 11 is 6.07. The zero-order valence-corrected chi connectivity index (χ0v) is 16.6. The molecule has 1 N–H and O–H groups in total. The van der Waals surface area contributed by atoms with Gasteiger partial charge < -0.3 is 10.0 Å². The molecule has 1 aliphatic heterocycles. The molecule has 0 radical (unpaired) electrons. The normalized spacial score (nSPS) is 17.1. The SMILES string of the molecule is CC(C)(C)N(C(=O)O)[C@H]1CCN(c2ccc(-c3cccnc3Cl)cc2F)C1=O. The van der Waals surface area contributed by atoms with Crippen LogP contribution in [0, 0.1) is 5.82 Å². The smallest absolute Gasteiger partial charge is 0.408 e. The molecule has 0 spiro atoms. The van der Waals surface area contributed by atoms with E-state index in [1.807, 2.05) is 0 Å². The van der Waals surface area contributed by atoms with Crippen LogP contribution in [-0.2, 0) is 4.79 Å². The van der Waals surface area contributed by atoms with Crippen LogP contribution in [0.15, 0.2) is 36.5 Å². The molecule has 0 aliphatic carbocycles. The van der Waals surface area contributed by atoms with Crippen LogP contribution in [-0.4, -0.2) is 45.1 Å². The Hall–Kier alpha value is -2.67. The van der Waals surface area contributed by atoms with Crippen LogP contribution in [0.3, 0.4) is 0 Å². The van der Waals surface area contributed by atoms with E-state index in [4.69, 9.17) is 11.6 Å². The predicted octanol–water partition coefficient (Wildman–Crippen LogP) is 4.42. The summed E-state index contributed by atoms with van der Waals surface area (Å²) in [6.07, 6.45) is 0.677. The first-order chi connectivity index (χ1) is 13.1. The van der Waals surface area contributed by atoms with E-state index in [1.54, 1.807) is 45.2 Å². The average molecular weight is 406 g/mol. The molecule has 1 aromatic carbocycles. The van der Waals surface area contributed by atoms with Crippen molar-refractivity contribution >= 4 is 29.3 Å². The van der Waals surface area contributed by atoms with Gasteiger partial charge in [-0.25, -0.2) is 14.2 Å². The Morgan fingerprint density at radius 2 is 2.07 bits per heavy atom. The van der Waals surface area contributed by atoms with Crippen molar-refractivity contribution in [2.24, 2.45) is 0 Å². The molecule has 2 heterocycles. The van der Waals surface area contributed by atoms with Crippen molar-refractivity contribution in [1.29, 1.82) is 0 Å². The van der Waals surface area contributed by atoms with Crippen LogP contribution < -0.4 is 4.90 Å². The van der Waals surface area contributed by atoms with Crippen LogP contribution in [0.5, 0.6) is 0 Å². The van der Waals surface area contributed by atoms with E-state index >= 15 is 0 Å². The lowest BCUT2D eigenvalue weighted by Gasteiger charge is -2.36. The Morgan fingerprint density at radius 1 is 1.36 bits per heavy atom. The van der Waals surface area contributed by atoms with Crippen molar-refractivity contribution in [2.45, 2.75) is 38.8 Å². The molecule has 6 nitrogen and oxygen atoms in total. The van der Waals surface area contributed by atoms with E-state index in [0.717, 1.165) is 4.90 Å². The second kappa shape index (κ2) is 7.39. The first-order valence-corrected chi connectivity index (χ1v) is 9.23. The molecule has 148 valence electrons. The number of aromatic nitrogens is 1. The van der Waals surface area contributed by atoms with Gasteiger partial charge in [-0.2, -0.15) is 0 Å². The number of rotatable bonds is 3. The van der Waals surface area contributed by atoms with Crippen molar-refractivity contribution in [3.05, 3.63) is 47.5 Å². The number of hydrogen-bond acceptors (Lipinski definition) is 3. The second-order valence-corrected chi connectivity index (χ2v) is 7.98.